The van der Waals surface area contributed by atoms with E-state index in [9.17, 15) is 13.2 Å². The zero-order chi connectivity index (χ0) is 23.8. The molecular formula is C23H28Cl2N2O3S3. The molecule has 0 atom stereocenters. The van der Waals surface area contributed by atoms with Crippen molar-refractivity contribution in [3.8, 4) is 0 Å². The molecule has 2 aromatic rings. The van der Waals surface area contributed by atoms with Crippen molar-refractivity contribution in [2.75, 3.05) is 31.6 Å². The number of amides is 1. The second kappa shape index (κ2) is 12.7. The summed E-state index contributed by atoms with van der Waals surface area (Å²) in [6, 6.07) is 10.2. The smallest absolute Gasteiger partial charge is 0.255 e. The van der Waals surface area contributed by atoms with Crippen molar-refractivity contribution in [2.24, 2.45) is 0 Å². The number of nitrogens with one attached hydrogen (secondary N) is 1. The van der Waals surface area contributed by atoms with Crippen LogP contribution in [0, 0.1) is 0 Å². The van der Waals surface area contributed by atoms with Gasteiger partial charge in [0.25, 0.3) is 5.91 Å². The van der Waals surface area contributed by atoms with Gasteiger partial charge < -0.3 is 4.90 Å². The first-order valence-electron chi connectivity index (χ1n) is 10.8. The van der Waals surface area contributed by atoms with Crippen LogP contribution in [0.2, 0.25) is 10.0 Å². The highest BCUT2D eigenvalue weighted by Crippen LogP contribution is 2.27. The van der Waals surface area contributed by atoms with Crippen LogP contribution in [-0.4, -0.2) is 50.9 Å². The van der Waals surface area contributed by atoms with Crippen LogP contribution >= 0.6 is 46.7 Å². The molecule has 0 unspecified atom stereocenters. The average Bonchev–Trinajstić information content (AvgIpc) is 3.09. The van der Waals surface area contributed by atoms with Crippen molar-refractivity contribution in [1.82, 2.24) is 9.62 Å². The number of thioether (sulfide) groups is 2. The third kappa shape index (κ3) is 7.54. The molecule has 0 saturated carbocycles. The third-order valence-corrected chi connectivity index (χ3v) is 9.27. The number of halogens is 2. The molecule has 0 radical (unpaired) electrons. The lowest BCUT2D eigenvalue weighted by atomic mass is 10.2. The number of carbonyl (C=O) groups excluding carboxylic acids is 1. The summed E-state index contributed by atoms with van der Waals surface area (Å²) >= 11 is 15.1. The molecule has 0 aliphatic carbocycles. The molecule has 0 bridgehead atoms. The van der Waals surface area contributed by atoms with E-state index in [0.29, 0.717) is 27.1 Å². The highest BCUT2D eigenvalue weighted by molar-refractivity contribution is 7.98. The maximum Gasteiger partial charge on any atom is 0.255 e. The van der Waals surface area contributed by atoms with Crippen LogP contribution in [0.15, 0.2) is 46.2 Å². The zero-order valence-corrected chi connectivity index (χ0v) is 22.4. The van der Waals surface area contributed by atoms with Gasteiger partial charge in [0.15, 0.2) is 0 Å². The summed E-state index contributed by atoms with van der Waals surface area (Å²) in [6.07, 6.45) is 6.11. The van der Waals surface area contributed by atoms with Crippen LogP contribution in [0.3, 0.4) is 0 Å². The van der Waals surface area contributed by atoms with Crippen molar-refractivity contribution in [3.63, 3.8) is 0 Å². The lowest BCUT2D eigenvalue weighted by molar-refractivity contribution is 0.0758. The Kier molecular flexibility index (Phi) is 10.3. The van der Waals surface area contributed by atoms with E-state index >= 15 is 0 Å². The van der Waals surface area contributed by atoms with E-state index in [1.165, 1.54) is 17.8 Å². The number of sulfonamides is 1. The van der Waals surface area contributed by atoms with Gasteiger partial charge in [0, 0.05) is 46.1 Å². The van der Waals surface area contributed by atoms with Gasteiger partial charge in [-0.25, -0.2) is 13.1 Å². The predicted octanol–water partition coefficient (Wildman–Crippen LogP) is 5.94. The van der Waals surface area contributed by atoms with Crippen LogP contribution in [0.1, 0.15) is 41.6 Å². The van der Waals surface area contributed by atoms with E-state index in [1.807, 2.05) is 17.2 Å². The first kappa shape index (κ1) is 26.7. The van der Waals surface area contributed by atoms with Gasteiger partial charge in [-0.3, -0.25) is 4.79 Å². The molecule has 0 spiro atoms. The van der Waals surface area contributed by atoms with Crippen molar-refractivity contribution in [3.05, 3.63) is 57.6 Å². The summed E-state index contributed by atoms with van der Waals surface area (Å²) in [5.41, 5.74) is 1.41. The standard InChI is InChI=1S/C23H28Cl2N2O3S3/c1-31-22-9-8-19(15-20(22)23(28)27-11-4-2-3-5-12-27)33(29,30)26-10-13-32-16-17-6-7-18(24)14-21(17)25/h6-9,14-15,26H,2-5,10-13,16H2,1H3. The lowest BCUT2D eigenvalue weighted by Gasteiger charge is -2.22. The van der Waals surface area contributed by atoms with Crippen molar-refractivity contribution < 1.29 is 13.2 Å². The molecule has 1 aliphatic rings. The van der Waals surface area contributed by atoms with E-state index in [0.717, 1.165) is 49.2 Å². The van der Waals surface area contributed by atoms with E-state index in [-0.39, 0.29) is 17.3 Å². The van der Waals surface area contributed by atoms with Gasteiger partial charge in [-0.05, 0) is 55.0 Å². The second-order valence-electron chi connectivity index (χ2n) is 7.75. The summed E-state index contributed by atoms with van der Waals surface area (Å²) in [6.45, 7) is 1.71. The van der Waals surface area contributed by atoms with Crippen LogP contribution in [0.4, 0.5) is 0 Å². The maximum atomic E-state index is 13.2. The molecule has 0 aromatic heterocycles. The predicted molar refractivity (Wildman–Crippen MR) is 140 cm³/mol. The first-order chi connectivity index (χ1) is 15.8. The summed E-state index contributed by atoms with van der Waals surface area (Å²) in [7, 11) is -3.72. The average molecular weight is 548 g/mol. The second-order valence-corrected chi connectivity index (χ2v) is 12.3. The van der Waals surface area contributed by atoms with E-state index in [4.69, 9.17) is 23.2 Å². The van der Waals surface area contributed by atoms with Gasteiger partial charge in [0.2, 0.25) is 10.0 Å². The fraction of sp³-hybridized carbons (Fsp3) is 0.435. The molecule has 1 fully saturated rings. The van der Waals surface area contributed by atoms with E-state index < -0.39 is 10.0 Å². The molecule has 5 nitrogen and oxygen atoms in total. The lowest BCUT2D eigenvalue weighted by Crippen LogP contribution is -2.32. The van der Waals surface area contributed by atoms with E-state index in [1.54, 1.807) is 36.0 Å². The molecule has 33 heavy (non-hydrogen) atoms. The molecule has 1 saturated heterocycles. The maximum absolute atomic E-state index is 13.2. The molecule has 10 heteroatoms. The number of rotatable bonds is 9. The Labute approximate surface area is 215 Å². The number of benzene rings is 2. The SMILES string of the molecule is CSc1ccc(S(=O)(=O)NCCSCc2ccc(Cl)cc2Cl)cc1C(=O)N1CCCCCC1. The monoisotopic (exact) mass is 546 g/mol. The van der Waals surface area contributed by atoms with Gasteiger partial charge in [-0.2, -0.15) is 11.8 Å². The fourth-order valence-corrected chi connectivity index (χ4v) is 6.79. The number of nitrogens with zero attached hydrogens (tertiary/aromatic N) is 1. The Morgan fingerprint density at radius 2 is 1.79 bits per heavy atom. The fourth-order valence-electron chi connectivity index (χ4n) is 3.62. The molecule has 3 rings (SSSR count). The number of carbonyl (C=O) groups is 1. The zero-order valence-electron chi connectivity index (χ0n) is 18.5. The third-order valence-electron chi connectivity index (χ3n) is 5.42. The number of hydrogen-bond donors (Lipinski definition) is 1. The first-order valence-corrected chi connectivity index (χ1v) is 15.4. The quantitative estimate of drug-likeness (QED) is 0.311. The van der Waals surface area contributed by atoms with Crippen LogP contribution in [0.5, 0.6) is 0 Å². The van der Waals surface area contributed by atoms with Crippen LogP contribution < -0.4 is 4.72 Å². The highest BCUT2D eigenvalue weighted by Gasteiger charge is 2.23. The van der Waals surface area contributed by atoms with Crippen LogP contribution in [0.25, 0.3) is 0 Å². The Balaban J connectivity index is 1.62. The number of likely N-dealkylation sites (tertiary alicyclic amines) is 1. The molecule has 1 N–H and O–H groups in total. The van der Waals surface area contributed by atoms with Crippen molar-refractivity contribution in [1.29, 1.82) is 0 Å². The Morgan fingerprint density at radius 1 is 1.06 bits per heavy atom. The summed E-state index contributed by atoms with van der Waals surface area (Å²) in [5.74, 6) is 1.16. The normalized spacial score (nSPS) is 14.8. The Bertz CT molecular complexity index is 1070. The summed E-state index contributed by atoms with van der Waals surface area (Å²) in [5, 5.41) is 1.19. The topological polar surface area (TPSA) is 66.5 Å². The molecule has 180 valence electrons. The molecule has 1 aliphatic heterocycles. The Hall–Kier alpha value is -0.900. The van der Waals surface area contributed by atoms with Gasteiger partial charge in [-0.15, -0.1) is 11.8 Å². The van der Waals surface area contributed by atoms with Crippen molar-refractivity contribution >= 4 is 62.7 Å². The van der Waals surface area contributed by atoms with Gasteiger partial charge >= 0.3 is 0 Å². The van der Waals surface area contributed by atoms with Crippen LogP contribution in [-0.2, 0) is 15.8 Å². The van der Waals surface area contributed by atoms with Crippen molar-refractivity contribution in [2.45, 2.75) is 41.2 Å². The van der Waals surface area contributed by atoms with Gasteiger partial charge in [0.05, 0.1) is 10.5 Å². The molecule has 1 amide bonds. The minimum Gasteiger partial charge on any atom is -0.339 e. The summed E-state index contributed by atoms with van der Waals surface area (Å²) < 4.78 is 28.4. The summed E-state index contributed by atoms with van der Waals surface area (Å²) in [4.78, 5) is 15.9. The number of hydrogen-bond acceptors (Lipinski definition) is 5. The largest absolute Gasteiger partial charge is 0.339 e. The van der Waals surface area contributed by atoms with Gasteiger partial charge in [0.1, 0.15) is 0 Å². The molecule has 1 heterocycles. The van der Waals surface area contributed by atoms with Gasteiger partial charge in [-0.1, -0.05) is 42.1 Å². The van der Waals surface area contributed by atoms with E-state index in [2.05, 4.69) is 4.72 Å². The Morgan fingerprint density at radius 3 is 2.45 bits per heavy atom. The highest BCUT2D eigenvalue weighted by atomic mass is 35.5. The molecule has 2 aromatic carbocycles. The minimum absolute atomic E-state index is 0.0892. The minimum atomic E-state index is -3.72. The molecular weight excluding hydrogens is 519 g/mol.